The Hall–Kier alpha value is -0.940. The molecule has 1 aromatic rings. The van der Waals surface area contributed by atoms with Gasteiger partial charge in [-0.25, -0.2) is 0 Å². The Balaban J connectivity index is 1.49. The topological polar surface area (TPSA) is 54.2 Å². The van der Waals surface area contributed by atoms with Gasteiger partial charge in [-0.05, 0) is 45.3 Å². The van der Waals surface area contributed by atoms with Gasteiger partial charge in [0.15, 0.2) is 5.82 Å². The van der Waals surface area contributed by atoms with Crippen LogP contribution in [-0.2, 0) is 6.42 Å². The van der Waals surface area contributed by atoms with E-state index in [1.807, 2.05) is 0 Å². The fraction of sp³-hybridized carbons (Fsp3) is 0.857. The van der Waals surface area contributed by atoms with Crippen molar-refractivity contribution in [1.29, 1.82) is 0 Å². The zero-order valence-electron chi connectivity index (χ0n) is 11.6. The highest BCUT2D eigenvalue weighted by Crippen LogP contribution is 2.20. The molecule has 1 unspecified atom stereocenters. The molecule has 1 aromatic heterocycles. The summed E-state index contributed by atoms with van der Waals surface area (Å²) in [6.45, 7) is 5.63. The monoisotopic (exact) mass is 264 g/mol. The highest BCUT2D eigenvalue weighted by atomic mass is 16.5. The summed E-state index contributed by atoms with van der Waals surface area (Å²) in [5, 5.41) is 7.56. The third-order valence-corrected chi connectivity index (χ3v) is 4.24. The third kappa shape index (κ3) is 3.54. The van der Waals surface area contributed by atoms with Gasteiger partial charge < -0.3 is 14.7 Å². The van der Waals surface area contributed by atoms with E-state index in [1.165, 1.54) is 45.2 Å². The zero-order valence-corrected chi connectivity index (χ0v) is 11.6. The van der Waals surface area contributed by atoms with Crippen LogP contribution in [0.3, 0.4) is 0 Å². The number of hydrogen-bond acceptors (Lipinski definition) is 5. The molecule has 5 heteroatoms. The SMILES string of the molecule is C1CCN(CCc2nc(C3CCCNC3)no2)CC1. The van der Waals surface area contributed by atoms with Gasteiger partial charge in [0, 0.05) is 25.4 Å². The number of nitrogens with zero attached hydrogens (tertiary/aromatic N) is 3. The van der Waals surface area contributed by atoms with Gasteiger partial charge in [-0.15, -0.1) is 0 Å². The van der Waals surface area contributed by atoms with Gasteiger partial charge in [-0.1, -0.05) is 11.6 Å². The first-order chi connectivity index (χ1) is 9.42. The average molecular weight is 264 g/mol. The Morgan fingerprint density at radius 3 is 2.89 bits per heavy atom. The van der Waals surface area contributed by atoms with E-state index in [-0.39, 0.29) is 0 Å². The summed E-state index contributed by atoms with van der Waals surface area (Å²) in [7, 11) is 0. The van der Waals surface area contributed by atoms with Crippen LogP contribution >= 0.6 is 0 Å². The minimum Gasteiger partial charge on any atom is -0.339 e. The van der Waals surface area contributed by atoms with Crippen LogP contribution in [0.15, 0.2) is 4.52 Å². The molecule has 2 aliphatic rings. The largest absolute Gasteiger partial charge is 0.339 e. The van der Waals surface area contributed by atoms with Crippen molar-refractivity contribution >= 4 is 0 Å². The molecule has 0 saturated carbocycles. The van der Waals surface area contributed by atoms with Gasteiger partial charge in [-0.3, -0.25) is 0 Å². The van der Waals surface area contributed by atoms with Crippen LogP contribution < -0.4 is 5.32 Å². The van der Waals surface area contributed by atoms with Crippen LogP contribution in [0.1, 0.15) is 49.7 Å². The Labute approximate surface area is 114 Å². The molecule has 0 amide bonds. The molecule has 2 fully saturated rings. The first-order valence-electron chi connectivity index (χ1n) is 7.67. The molecule has 0 spiro atoms. The molecule has 19 heavy (non-hydrogen) atoms. The van der Waals surface area contributed by atoms with Crippen molar-refractivity contribution in [1.82, 2.24) is 20.4 Å². The fourth-order valence-electron chi connectivity index (χ4n) is 3.04. The van der Waals surface area contributed by atoms with Gasteiger partial charge in [0.25, 0.3) is 0 Å². The molecule has 3 heterocycles. The van der Waals surface area contributed by atoms with E-state index >= 15 is 0 Å². The molecule has 0 radical (unpaired) electrons. The first kappa shape index (κ1) is 13.1. The number of likely N-dealkylation sites (tertiary alicyclic amines) is 1. The fourth-order valence-corrected chi connectivity index (χ4v) is 3.04. The highest BCUT2D eigenvalue weighted by Gasteiger charge is 2.21. The average Bonchev–Trinajstić information content (AvgIpc) is 2.96. The Morgan fingerprint density at radius 1 is 1.21 bits per heavy atom. The van der Waals surface area contributed by atoms with Gasteiger partial charge in [-0.2, -0.15) is 4.98 Å². The lowest BCUT2D eigenvalue weighted by Gasteiger charge is -2.25. The lowest BCUT2D eigenvalue weighted by molar-refractivity contribution is 0.223. The minimum absolute atomic E-state index is 0.446. The Bertz CT molecular complexity index is 381. The molecule has 1 atom stereocenters. The summed E-state index contributed by atoms with van der Waals surface area (Å²) < 4.78 is 5.39. The molecule has 0 aromatic carbocycles. The molecule has 5 nitrogen and oxygen atoms in total. The van der Waals surface area contributed by atoms with E-state index in [4.69, 9.17) is 4.52 Å². The number of nitrogens with one attached hydrogen (secondary N) is 1. The normalized spacial score (nSPS) is 25.6. The second-order valence-electron chi connectivity index (χ2n) is 5.74. The number of hydrogen-bond donors (Lipinski definition) is 1. The molecule has 0 aliphatic carbocycles. The van der Waals surface area contributed by atoms with E-state index < -0.39 is 0 Å². The maximum Gasteiger partial charge on any atom is 0.227 e. The Morgan fingerprint density at radius 2 is 2.11 bits per heavy atom. The van der Waals surface area contributed by atoms with Crippen LogP contribution in [0, 0.1) is 0 Å². The summed E-state index contributed by atoms with van der Waals surface area (Å²) in [6.07, 6.45) is 7.34. The van der Waals surface area contributed by atoms with Crippen LogP contribution in [-0.4, -0.2) is 47.8 Å². The zero-order chi connectivity index (χ0) is 12.9. The summed E-state index contributed by atoms with van der Waals surface area (Å²) >= 11 is 0. The number of aromatic nitrogens is 2. The van der Waals surface area contributed by atoms with Crippen LogP contribution in [0.25, 0.3) is 0 Å². The Kier molecular flexibility index (Phi) is 4.45. The van der Waals surface area contributed by atoms with Gasteiger partial charge in [0.05, 0.1) is 0 Å². The van der Waals surface area contributed by atoms with Crippen LogP contribution in [0.2, 0.25) is 0 Å². The van der Waals surface area contributed by atoms with Crippen molar-refractivity contribution in [2.45, 2.75) is 44.4 Å². The van der Waals surface area contributed by atoms with Crippen molar-refractivity contribution in [3.8, 4) is 0 Å². The molecule has 106 valence electrons. The maximum atomic E-state index is 5.39. The number of piperidine rings is 2. The molecule has 2 saturated heterocycles. The molecule has 0 bridgehead atoms. The van der Waals surface area contributed by atoms with E-state index in [0.717, 1.165) is 37.8 Å². The third-order valence-electron chi connectivity index (χ3n) is 4.24. The van der Waals surface area contributed by atoms with E-state index in [1.54, 1.807) is 0 Å². The smallest absolute Gasteiger partial charge is 0.227 e. The van der Waals surface area contributed by atoms with Gasteiger partial charge in [0.2, 0.25) is 5.89 Å². The molecule has 1 N–H and O–H groups in total. The summed E-state index contributed by atoms with van der Waals surface area (Å²) in [6, 6.07) is 0. The predicted molar refractivity (Wildman–Crippen MR) is 73.1 cm³/mol. The van der Waals surface area contributed by atoms with Crippen LogP contribution in [0.4, 0.5) is 0 Å². The lowest BCUT2D eigenvalue weighted by Crippen LogP contribution is -2.31. The van der Waals surface area contributed by atoms with Crippen molar-refractivity contribution in [2.75, 3.05) is 32.7 Å². The summed E-state index contributed by atoms with van der Waals surface area (Å²) in [4.78, 5) is 7.08. The second kappa shape index (κ2) is 6.48. The predicted octanol–water partition coefficient (Wildman–Crippen LogP) is 1.57. The minimum atomic E-state index is 0.446. The van der Waals surface area contributed by atoms with Crippen molar-refractivity contribution < 1.29 is 4.52 Å². The molecule has 2 aliphatic heterocycles. The first-order valence-corrected chi connectivity index (χ1v) is 7.67. The summed E-state index contributed by atoms with van der Waals surface area (Å²) in [5.74, 6) is 2.16. The molecular formula is C14H24N4O. The molecule has 3 rings (SSSR count). The second-order valence-corrected chi connectivity index (χ2v) is 5.74. The van der Waals surface area contributed by atoms with E-state index in [2.05, 4.69) is 20.4 Å². The van der Waals surface area contributed by atoms with Crippen molar-refractivity contribution in [3.63, 3.8) is 0 Å². The van der Waals surface area contributed by atoms with Crippen molar-refractivity contribution in [3.05, 3.63) is 11.7 Å². The summed E-state index contributed by atoms with van der Waals surface area (Å²) in [5.41, 5.74) is 0. The van der Waals surface area contributed by atoms with Gasteiger partial charge in [0.1, 0.15) is 0 Å². The standard InChI is InChI=1S/C14H24N4O/c1-2-8-18(9-3-1)10-6-13-16-14(17-19-13)12-5-4-7-15-11-12/h12,15H,1-11H2. The maximum absolute atomic E-state index is 5.39. The molecular weight excluding hydrogens is 240 g/mol. The van der Waals surface area contributed by atoms with Gasteiger partial charge >= 0.3 is 0 Å². The van der Waals surface area contributed by atoms with Crippen LogP contribution in [0.5, 0.6) is 0 Å². The van der Waals surface area contributed by atoms with Crippen molar-refractivity contribution in [2.24, 2.45) is 0 Å². The highest BCUT2D eigenvalue weighted by molar-refractivity contribution is 4.98. The lowest BCUT2D eigenvalue weighted by atomic mass is 9.99. The van der Waals surface area contributed by atoms with E-state index in [9.17, 15) is 0 Å². The van der Waals surface area contributed by atoms with E-state index in [0.29, 0.717) is 5.92 Å². The number of rotatable bonds is 4. The quantitative estimate of drug-likeness (QED) is 0.894.